The van der Waals surface area contributed by atoms with Crippen LogP contribution in [0.1, 0.15) is 12.0 Å². The SMILES string of the molecule is Cl.N=C(N)C1(c2ccccc2)C=CC=CC1. The number of rotatable bonds is 2. The molecule has 1 aliphatic rings. The molecular weight excluding hydrogens is 220 g/mol. The predicted molar refractivity (Wildman–Crippen MR) is 70.2 cm³/mol. The maximum Gasteiger partial charge on any atom is 0.106 e. The highest BCUT2D eigenvalue weighted by atomic mass is 35.5. The minimum Gasteiger partial charge on any atom is -0.387 e. The van der Waals surface area contributed by atoms with E-state index in [4.69, 9.17) is 11.1 Å². The van der Waals surface area contributed by atoms with Gasteiger partial charge in [0.1, 0.15) is 5.84 Å². The van der Waals surface area contributed by atoms with Crippen LogP contribution in [0, 0.1) is 5.41 Å². The van der Waals surface area contributed by atoms with Gasteiger partial charge in [-0.25, -0.2) is 0 Å². The average Bonchev–Trinajstić information content (AvgIpc) is 2.31. The monoisotopic (exact) mass is 234 g/mol. The topological polar surface area (TPSA) is 49.9 Å². The van der Waals surface area contributed by atoms with Crippen molar-refractivity contribution in [2.75, 3.05) is 0 Å². The summed E-state index contributed by atoms with van der Waals surface area (Å²) in [6.45, 7) is 0. The van der Waals surface area contributed by atoms with Crippen molar-refractivity contribution in [2.24, 2.45) is 5.73 Å². The van der Waals surface area contributed by atoms with Gasteiger partial charge in [-0.3, -0.25) is 5.41 Å². The summed E-state index contributed by atoms with van der Waals surface area (Å²) in [5.74, 6) is 0.203. The van der Waals surface area contributed by atoms with Crippen LogP contribution in [0.3, 0.4) is 0 Å². The number of hydrogen-bond donors (Lipinski definition) is 2. The van der Waals surface area contributed by atoms with Crippen molar-refractivity contribution < 1.29 is 0 Å². The van der Waals surface area contributed by atoms with Crippen LogP contribution in [-0.4, -0.2) is 5.84 Å². The van der Waals surface area contributed by atoms with Crippen molar-refractivity contribution in [3.63, 3.8) is 0 Å². The number of hydrogen-bond acceptors (Lipinski definition) is 1. The predicted octanol–water partition coefficient (Wildman–Crippen LogP) is 2.80. The van der Waals surface area contributed by atoms with Crippen LogP contribution < -0.4 is 5.73 Å². The third-order valence-corrected chi connectivity index (χ3v) is 2.84. The Morgan fingerprint density at radius 1 is 1.19 bits per heavy atom. The van der Waals surface area contributed by atoms with E-state index in [0.29, 0.717) is 0 Å². The van der Waals surface area contributed by atoms with Gasteiger partial charge in [0.05, 0.1) is 5.41 Å². The molecule has 0 radical (unpaired) electrons. The summed E-state index contributed by atoms with van der Waals surface area (Å²) in [4.78, 5) is 0. The number of benzene rings is 1. The van der Waals surface area contributed by atoms with Crippen LogP contribution >= 0.6 is 12.4 Å². The lowest BCUT2D eigenvalue weighted by molar-refractivity contribution is 0.707. The molecule has 0 aliphatic heterocycles. The molecule has 1 atom stereocenters. The Morgan fingerprint density at radius 3 is 2.38 bits per heavy atom. The van der Waals surface area contributed by atoms with Gasteiger partial charge in [0.15, 0.2) is 0 Å². The van der Waals surface area contributed by atoms with Gasteiger partial charge in [0, 0.05) is 0 Å². The van der Waals surface area contributed by atoms with E-state index in [1.54, 1.807) is 0 Å². The van der Waals surface area contributed by atoms with Crippen LogP contribution in [0.25, 0.3) is 0 Å². The van der Waals surface area contributed by atoms with E-state index in [-0.39, 0.29) is 18.2 Å². The Kier molecular flexibility index (Phi) is 3.91. The fourth-order valence-electron chi connectivity index (χ4n) is 1.93. The van der Waals surface area contributed by atoms with Crippen molar-refractivity contribution in [1.82, 2.24) is 0 Å². The van der Waals surface area contributed by atoms with Gasteiger partial charge >= 0.3 is 0 Å². The Balaban J connectivity index is 0.00000128. The molecule has 2 rings (SSSR count). The first-order valence-corrected chi connectivity index (χ1v) is 5.00. The van der Waals surface area contributed by atoms with E-state index < -0.39 is 5.41 Å². The molecule has 0 saturated heterocycles. The highest BCUT2D eigenvalue weighted by Gasteiger charge is 2.32. The number of nitrogens with one attached hydrogen (secondary N) is 1. The largest absolute Gasteiger partial charge is 0.387 e. The lowest BCUT2D eigenvalue weighted by atomic mass is 9.74. The summed E-state index contributed by atoms with van der Waals surface area (Å²) in [6.07, 6.45) is 8.77. The van der Waals surface area contributed by atoms with Crippen molar-refractivity contribution in [2.45, 2.75) is 11.8 Å². The number of halogens is 1. The Hall–Kier alpha value is -1.54. The molecule has 3 N–H and O–H groups in total. The number of amidine groups is 1. The zero-order valence-corrected chi connectivity index (χ0v) is 9.71. The molecule has 84 valence electrons. The van der Waals surface area contributed by atoms with E-state index in [1.165, 1.54) is 0 Å². The smallest absolute Gasteiger partial charge is 0.106 e. The third-order valence-electron chi connectivity index (χ3n) is 2.84. The molecule has 1 unspecified atom stereocenters. The van der Waals surface area contributed by atoms with Crippen LogP contribution in [-0.2, 0) is 5.41 Å². The third kappa shape index (κ3) is 2.02. The molecule has 3 heteroatoms. The zero-order valence-electron chi connectivity index (χ0n) is 8.89. The molecule has 1 aromatic rings. The minimum atomic E-state index is -0.435. The lowest BCUT2D eigenvalue weighted by Crippen LogP contribution is -2.39. The molecule has 0 spiro atoms. The van der Waals surface area contributed by atoms with Gasteiger partial charge in [-0.1, -0.05) is 54.6 Å². The fraction of sp³-hybridized carbons (Fsp3) is 0.154. The molecule has 0 fully saturated rings. The first-order chi connectivity index (χ1) is 7.26. The minimum absolute atomic E-state index is 0. The van der Waals surface area contributed by atoms with Gasteiger partial charge < -0.3 is 5.73 Å². The molecular formula is C13H15ClN2. The van der Waals surface area contributed by atoms with E-state index in [0.717, 1.165) is 12.0 Å². The number of nitrogens with two attached hydrogens (primary N) is 1. The fourth-order valence-corrected chi connectivity index (χ4v) is 1.93. The summed E-state index contributed by atoms with van der Waals surface area (Å²) in [6, 6.07) is 9.97. The van der Waals surface area contributed by atoms with E-state index in [2.05, 4.69) is 6.08 Å². The van der Waals surface area contributed by atoms with Crippen LogP contribution in [0.4, 0.5) is 0 Å². The summed E-state index contributed by atoms with van der Waals surface area (Å²) < 4.78 is 0. The average molecular weight is 235 g/mol. The molecule has 16 heavy (non-hydrogen) atoms. The summed E-state index contributed by atoms with van der Waals surface area (Å²) in [5, 5.41) is 7.77. The Morgan fingerprint density at radius 2 is 1.88 bits per heavy atom. The van der Waals surface area contributed by atoms with Crippen LogP contribution in [0.15, 0.2) is 54.6 Å². The molecule has 1 aliphatic carbocycles. The maximum atomic E-state index is 7.77. The Labute approximate surface area is 102 Å². The highest BCUT2D eigenvalue weighted by molar-refractivity contribution is 5.92. The lowest BCUT2D eigenvalue weighted by Gasteiger charge is -2.30. The first-order valence-electron chi connectivity index (χ1n) is 5.00. The number of allylic oxidation sites excluding steroid dienone is 3. The maximum absolute atomic E-state index is 7.77. The molecule has 2 nitrogen and oxygen atoms in total. The molecule has 0 amide bonds. The van der Waals surface area contributed by atoms with Crippen molar-refractivity contribution in [3.05, 3.63) is 60.2 Å². The second kappa shape index (κ2) is 4.99. The zero-order chi connectivity index (χ0) is 10.7. The summed E-state index contributed by atoms with van der Waals surface area (Å²) >= 11 is 0. The van der Waals surface area contributed by atoms with Gasteiger partial charge in [-0.2, -0.15) is 0 Å². The Bertz CT molecular complexity index is 423. The molecule has 0 aromatic heterocycles. The quantitative estimate of drug-likeness (QED) is 0.600. The van der Waals surface area contributed by atoms with E-state index >= 15 is 0 Å². The van der Waals surface area contributed by atoms with Crippen LogP contribution in [0.2, 0.25) is 0 Å². The van der Waals surface area contributed by atoms with Crippen molar-refractivity contribution in [3.8, 4) is 0 Å². The van der Waals surface area contributed by atoms with Crippen molar-refractivity contribution in [1.29, 1.82) is 5.41 Å². The van der Waals surface area contributed by atoms with Gasteiger partial charge in [0.2, 0.25) is 0 Å². The van der Waals surface area contributed by atoms with Crippen molar-refractivity contribution >= 4 is 18.2 Å². The van der Waals surface area contributed by atoms with E-state index in [1.807, 2.05) is 48.6 Å². The second-order valence-corrected chi connectivity index (χ2v) is 3.74. The van der Waals surface area contributed by atoms with E-state index in [9.17, 15) is 0 Å². The molecule has 0 bridgehead atoms. The summed E-state index contributed by atoms with van der Waals surface area (Å²) in [7, 11) is 0. The van der Waals surface area contributed by atoms with Crippen LogP contribution in [0.5, 0.6) is 0 Å². The molecule has 1 aromatic carbocycles. The highest BCUT2D eigenvalue weighted by Crippen LogP contribution is 2.32. The first kappa shape index (κ1) is 12.5. The van der Waals surface area contributed by atoms with Gasteiger partial charge in [-0.15, -0.1) is 12.4 Å². The normalized spacial score (nSPS) is 22.5. The molecule has 0 saturated carbocycles. The standard InChI is InChI=1S/C13H14N2.ClH/c14-12(15)13(9-5-2-6-10-13)11-7-3-1-4-8-11;/h1-9H,10H2,(H3,14,15);1H. The van der Waals surface area contributed by atoms with Gasteiger partial charge in [0.25, 0.3) is 0 Å². The van der Waals surface area contributed by atoms with Gasteiger partial charge in [-0.05, 0) is 12.0 Å². The second-order valence-electron chi connectivity index (χ2n) is 3.74. The molecule has 0 heterocycles. The summed E-state index contributed by atoms with van der Waals surface area (Å²) in [5.41, 5.74) is 6.38.